The molecule has 0 spiro atoms. The molecular weight excluding hydrogens is 240 g/mol. The van der Waals surface area contributed by atoms with Crippen LogP contribution >= 0.6 is 11.3 Å². The summed E-state index contributed by atoms with van der Waals surface area (Å²) < 4.78 is 4.95. The first kappa shape index (κ1) is 13.6. The van der Waals surface area contributed by atoms with Gasteiger partial charge in [0.25, 0.3) is 0 Å². The maximum atomic E-state index is 11.7. The van der Waals surface area contributed by atoms with E-state index < -0.39 is 0 Å². The first-order valence-electron chi connectivity index (χ1n) is 5.55. The van der Waals surface area contributed by atoms with Crippen LogP contribution in [0.4, 0.5) is 0 Å². The fourth-order valence-electron chi connectivity index (χ4n) is 1.36. The lowest BCUT2D eigenvalue weighted by atomic mass is 10.2. The molecule has 1 heterocycles. The molecule has 0 radical (unpaired) electrons. The van der Waals surface area contributed by atoms with Crippen molar-refractivity contribution in [3.8, 4) is 0 Å². The molecule has 0 aliphatic heterocycles. The Hall–Kier alpha value is -1.43. The molecule has 5 nitrogen and oxygen atoms in total. The lowest BCUT2D eigenvalue weighted by molar-refractivity contribution is -0.109. The number of carbonyl (C=O) groups excluding carboxylic acids is 2. The molecule has 0 unspecified atom stereocenters. The van der Waals surface area contributed by atoms with Gasteiger partial charge in [0, 0.05) is 4.88 Å². The van der Waals surface area contributed by atoms with Crippen LogP contribution in [-0.2, 0) is 22.5 Å². The monoisotopic (exact) mass is 256 g/mol. The molecule has 6 heteroatoms. The Labute approximate surface area is 104 Å². The number of esters is 1. The number of ether oxygens (including phenoxy) is 1. The fourth-order valence-corrected chi connectivity index (χ4v) is 2.47. The van der Waals surface area contributed by atoms with Crippen LogP contribution in [0.25, 0.3) is 0 Å². The quantitative estimate of drug-likeness (QED) is 0.593. The molecule has 1 aromatic heterocycles. The van der Waals surface area contributed by atoms with Gasteiger partial charge in [-0.25, -0.2) is 9.78 Å². The van der Waals surface area contributed by atoms with E-state index in [9.17, 15) is 9.59 Å². The number of carbonyl (C=O) groups is 2. The predicted octanol–water partition coefficient (Wildman–Crippen LogP) is 1.52. The van der Waals surface area contributed by atoms with Gasteiger partial charge in [-0.05, 0) is 13.3 Å². The minimum absolute atomic E-state index is 0.337. The van der Waals surface area contributed by atoms with Gasteiger partial charge in [-0.15, -0.1) is 11.3 Å². The number of hydrogen-bond acceptors (Lipinski definition) is 5. The number of nitrogens with zero attached hydrogens (tertiary/aromatic N) is 1. The highest BCUT2D eigenvalue weighted by molar-refractivity contribution is 7.11. The summed E-state index contributed by atoms with van der Waals surface area (Å²) in [4.78, 5) is 27.0. The average Bonchev–Trinajstić information content (AvgIpc) is 2.70. The standard InChI is InChI=1S/C11H16N2O3S/c1-3-5-8-10(11(15)16-4-2)13-9(17-8)6-12-7-14/h7H,3-6H2,1-2H3,(H,12,14). The molecule has 0 fully saturated rings. The molecule has 0 saturated carbocycles. The van der Waals surface area contributed by atoms with Crippen LogP contribution in [0.2, 0.25) is 0 Å². The van der Waals surface area contributed by atoms with Crippen LogP contribution in [-0.4, -0.2) is 24.0 Å². The van der Waals surface area contributed by atoms with Gasteiger partial charge < -0.3 is 10.1 Å². The molecule has 0 saturated heterocycles. The van der Waals surface area contributed by atoms with Gasteiger partial charge >= 0.3 is 5.97 Å². The smallest absolute Gasteiger partial charge is 0.358 e. The van der Waals surface area contributed by atoms with Gasteiger partial charge in [0.1, 0.15) is 5.01 Å². The Morgan fingerprint density at radius 3 is 2.88 bits per heavy atom. The molecule has 17 heavy (non-hydrogen) atoms. The Morgan fingerprint density at radius 1 is 1.53 bits per heavy atom. The number of hydrogen-bond donors (Lipinski definition) is 1. The third-order valence-corrected chi connectivity index (χ3v) is 3.14. The van der Waals surface area contributed by atoms with Gasteiger partial charge in [0.05, 0.1) is 13.2 Å². The molecule has 1 N–H and O–H groups in total. The summed E-state index contributed by atoms with van der Waals surface area (Å²) in [7, 11) is 0. The summed E-state index contributed by atoms with van der Waals surface area (Å²) in [5, 5.41) is 3.26. The molecule has 0 aliphatic rings. The second-order valence-electron chi connectivity index (χ2n) is 3.35. The molecule has 0 aliphatic carbocycles. The number of amides is 1. The molecular formula is C11H16N2O3S. The number of rotatable bonds is 7. The van der Waals surface area contributed by atoms with Crippen molar-refractivity contribution in [1.82, 2.24) is 10.3 Å². The van der Waals surface area contributed by atoms with Gasteiger partial charge in [0.2, 0.25) is 6.41 Å². The number of nitrogens with one attached hydrogen (secondary N) is 1. The van der Waals surface area contributed by atoms with Crippen molar-refractivity contribution in [3.63, 3.8) is 0 Å². The minimum Gasteiger partial charge on any atom is -0.461 e. The zero-order valence-corrected chi connectivity index (χ0v) is 10.8. The molecule has 1 aromatic rings. The Bertz CT molecular complexity index is 390. The van der Waals surface area contributed by atoms with Gasteiger partial charge in [-0.2, -0.15) is 0 Å². The highest BCUT2D eigenvalue weighted by Crippen LogP contribution is 2.21. The topological polar surface area (TPSA) is 68.3 Å². The van der Waals surface area contributed by atoms with Crippen molar-refractivity contribution in [2.24, 2.45) is 0 Å². The third kappa shape index (κ3) is 3.81. The van der Waals surface area contributed by atoms with Crippen LogP contribution in [0.3, 0.4) is 0 Å². The molecule has 94 valence electrons. The Kier molecular flexibility index (Phi) is 5.62. The lowest BCUT2D eigenvalue weighted by Crippen LogP contribution is -2.11. The third-order valence-electron chi connectivity index (χ3n) is 2.02. The predicted molar refractivity (Wildman–Crippen MR) is 65.0 cm³/mol. The van der Waals surface area contributed by atoms with Crippen molar-refractivity contribution < 1.29 is 14.3 Å². The Morgan fingerprint density at radius 2 is 2.29 bits per heavy atom. The number of aryl methyl sites for hydroxylation is 1. The van der Waals surface area contributed by atoms with Crippen molar-refractivity contribution in [3.05, 3.63) is 15.6 Å². The second kappa shape index (κ2) is 7.01. The van der Waals surface area contributed by atoms with E-state index in [1.165, 1.54) is 11.3 Å². The molecule has 0 atom stereocenters. The molecule has 1 amide bonds. The van der Waals surface area contributed by atoms with E-state index in [0.717, 1.165) is 22.7 Å². The van der Waals surface area contributed by atoms with E-state index in [-0.39, 0.29) is 5.97 Å². The van der Waals surface area contributed by atoms with Crippen molar-refractivity contribution in [2.75, 3.05) is 6.61 Å². The summed E-state index contributed by atoms with van der Waals surface area (Å²) in [5.74, 6) is -0.385. The van der Waals surface area contributed by atoms with Gasteiger partial charge in [-0.3, -0.25) is 4.79 Å². The zero-order valence-electron chi connectivity index (χ0n) is 9.99. The van der Waals surface area contributed by atoms with Crippen molar-refractivity contribution in [2.45, 2.75) is 33.2 Å². The summed E-state index contributed by atoms with van der Waals surface area (Å²) in [6.45, 7) is 4.49. The van der Waals surface area contributed by atoms with Crippen LogP contribution in [0.5, 0.6) is 0 Å². The van der Waals surface area contributed by atoms with E-state index in [2.05, 4.69) is 10.3 Å². The summed E-state index contributed by atoms with van der Waals surface area (Å²) in [5.41, 5.74) is 0.390. The van der Waals surface area contributed by atoms with E-state index in [0.29, 0.717) is 25.3 Å². The van der Waals surface area contributed by atoms with Gasteiger partial charge in [0.15, 0.2) is 5.69 Å². The summed E-state index contributed by atoms with van der Waals surface area (Å²) in [6, 6.07) is 0. The highest BCUT2D eigenvalue weighted by atomic mass is 32.1. The second-order valence-corrected chi connectivity index (χ2v) is 4.52. The maximum Gasteiger partial charge on any atom is 0.358 e. The van der Waals surface area contributed by atoms with E-state index in [1.54, 1.807) is 6.92 Å². The zero-order chi connectivity index (χ0) is 12.7. The minimum atomic E-state index is -0.385. The normalized spacial score (nSPS) is 10.0. The van der Waals surface area contributed by atoms with Crippen LogP contribution in [0, 0.1) is 0 Å². The van der Waals surface area contributed by atoms with Crippen molar-refractivity contribution in [1.29, 1.82) is 0 Å². The fraction of sp³-hybridized carbons (Fsp3) is 0.545. The summed E-state index contributed by atoms with van der Waals surface area (Å²) in [6.07, 6.45) is 2.35. The maximum absolute atomic E-state index is 11.7. The largest absolute Gasteiger partial charge is 0.461 e. The Balaban J connectivity index is 2.87. The van der Waals surface area contributed by atoms with E-state index in [1.807, 2.05) is 6.92 Å². The molecule has 0 aromatic carbocycles. The highest BCUT2D eigenvalue weighted by Gasteiger charge is 2.18. The summed E-state index contributed by atoms with van der Waals surface area (Å²) >= 11 is 1.44. The lowest BCUT2D eigenvalue weighted by Gasteiger charge is -2.00. The number of thiazole rings is 1. The van der Waals surface area contributed by atoms with Gasteiger partial charge in [-0.1, -0.05) is 13.3 Å². The molecule has 1 rings (SSSR count). The van der Waals surface area contributed by atoms with Crippen LogP contribution in [0.1, 0.15) is 40.6 Å². The van der Waals surface area contributed by atoms with Crippen molar-refractivity contribution >= 4 is 23.7 Å². The van der Waals surface area contributed by atoms with Crippen LogP contribution in [0.15, 0.2) is 0 Å². The first-order chi connectivity index (χ1) is 8.22. The first-order valence-corrected chi connectivity index (χ1v) is 6.37. The number of aromatic nitrogens is 1. The average molecular weight is 256 g/mol. The SMILES string of the molecule is CCCc1sc(CNC=O)nc1C(=O)OCC. The van der Waals surface area contributed by atoms with E-state index >= 15 is 0 Å². The molecule has 0 bridgehead atoms. The van der Waals surface area contributed by atoms with E-state index in [4.69, 9.17) is 4.74 Å². The van der Waals surface area contributed by atoms with Crippen LogP contribution < -0.4 is 5.32 Å².